The Balaban J connectivity index is 2.66. The molecule has 2 rings (SSSR count). The second-order valence-electron chi connectivity index (χ2n) is 7.26. The van der Waals surface area contributed by atoms with Crippen molar-refractivity contribution in [1.82, 2.24) is 0 Å². The summed E-state index contributed by atoms with van der Waals surface area (Å²) in [5.41, 5.74) is -2.53. The van der Waals surface area contributed by atoms with Crippen LogP contribution in [0.15, 0.2) is 34.8 Å². The minimum Gasteiger partial charge on any atom is -0.505 e. The summed E-state index contributed by atoms with van der Waals surface area (Å²) in [5, 5.41) is 19.7. The van der Waals surface area contributed by atoms with Crippen LogP contribution in [0.5, 0.6) is 0 Å². The molecule has 1 atom stereocenters. The molecule has 1 unspecified atom stereocenters. The minimum atomic E-state index is -1.44. The lowest BCUT2D eigenvalue weighted by Gasteiger charge is -2.32. The molecule has 0 bridgehead atoms. The van der Waals surface area contributed by atoms with E-state index in [9.17, 15) is 29.4 Å². The first-order valence-electron chi connectivity index (χ1n) is 7.54. The number of rotatable bonds is 1. The van der Waals surface area contributed by atoms with Crippen molar-refractivity contribution in [1.29, 1.82) is 0 Å². The van der Waals surface area contributed by atoms with Crippen molar-refractivity contribution in [2.24, 2.45) is 16.7 Å². The van der Waals surface area contributed by atoms with Gasteiger partial charge < -0.3 is 10.2 Å². The number of allylic oxidation sites excluding steroid dienone is 6. The molecular weight excluding hydrogens is 312 g/mol. The SMILES string of the molecule is CC(=C1C=C(O)C(=O)C(C)(C)C1=O)C1C=C(O)C(=O)C(C)(C)C1=O. The van der Waals surface area contributed by atoms with E-state index in [1.54, 1.807) is 0 Å². The van der Waals surface area contributed by atoms with E-state index in [1.807, 2.05) is 0 Å². The smallest absolute Gasteiger partial charge is 0.210 e. The van der Waals surface area contributed by atoms with Gasteiger partial charge in [0.1, 0.15) is 0 Å². The molecule has 0 saturated carbocycles. The first-order valence-corrected chi connectivity index (χ1v) is 7.54. The summed E-state index contributed by atoms with van der Waals surface area (Å²) >= 11 is 0. The van der Waals surface area contributed by atoms with Crippen LogP contribution in [0.1, 0.15) is 34.6 Å². The summed E-state index contributed by atoms with van der Waals surface area (Å²) in [5.74, 6) is -4.40. The topological polar surface area (TPSA) is 109 Å². The molecule has 2 N–H and O–H groups in total. The average Bonchev–Trinajstić information content (AvgIpc) is 2.51. The van der Waals surface area contributed by atoms with E-state index < -0.39 is 51.4 Å². The molecule has 0 aliphatic heterocycles. The number of carbonyl (C=O) groups excluding carboxylic acids is 4. The van der Waals surface area contributed by atoms with E-state index in [4.69, 9.17) is 0 Å². The molecule has 128 valence electrons. The van der Waals surface area contributed by atoms with E-state index in [1.165, 1.54) is 34.6 Å². The molecule has 0 radical (unpaired) electrons. The Bertz CT molecular complexity index is 773. The Hall–Kier alpha value is -2.50. The van der Waals surface area contributed by atoms with Crippen LogP contribution in [0, 0.1) is 16.7 Å². The molecule has 0 heterocycles. The molecule has 0 amide bonds. The first kappa shape index (κ1) is 17.8. The number of Topliss-reactive ketones (excluding diaryl/α,β-unsaturated/α-hetero) is 4. The molecule has 0 spiro atoms. The predicted octanol–water partition coefficient (Wildman–Crippen LogP) is 2.16. The minimum absolute atomic E-state index is 0.0460. The number of aliphatic hydroxyl groups excluding tert-OH is 2. The van der Waals surface area contributed by atoms with E-state index in [-0.39, 0.29) is 11.1 Å². The molecule has 2 aliphatic carbocycles. The molecule has 6 nitrogen and oxygen atoms in total. The molecule has 0 aromatic heterocycles. The average molecular weight is 332 g/mol. The summed E-state index contributed by atoms with van der Waals surface area (Å²) in [7, 11) is 0. The van der Waals surface area contributed by atoms with Gasteiger partial charge in [0, 0.05) is 5.57 Å². The quantitative estimate of drug-likeness (QED) is 0.562. The zero-order valence-corrected chi connectivity index (χ0v) is 14.3. The number of ketones is 4. The van der Waals surface area contributed by atoms with Crippen molar-refractivity contribution in [2.45, 2.75) is 34.6 Å². The van der Waals surface area contributed by atoms with Crippen LogP contribution in [0.25, 0.3) is 0 Å². The van der Waals surface area contributed by atoms with Gasteiger partial charge in [0.2, 0.25) is 11.6 Å². The van der Waals surface area contributed by atoms with E-state index in [0.717, 1.165) is 12.2 Å². The normalized spacial score (nSPS) is 28.5. The maximum Gasteiger partial charge on any atom is 0.210 e. The lowest BCUT2D eigenvalue weighted by molar-refractivity contribution is -0.140. The summed E-state index contributed by atoms with van der Waals surface area (Å²) in [6.45, 7) is 7.14. The molecule has 0 aromatic rings. The zero-order chi connectivity index (χ0) is 18.6. The Morgan fingerprint density at radius 3 is 1.92 bits per heavy atom. The predicted molar refractivity (Wildman–Crippen MR) is 85.2 cm³/mol. The molecule has 0 aromatic carbocycles. The van der Waals surface area contributed by atoms with Gasteiger partial charge in [-0.15, -0.1) is 0 Å². The summed E-state index contributed by atoms with van der Waals surface area (Å²) in [6, 6.07) is 0. The summed E-state index contributed by atoms with van der Waals surface area (Å²) in [6.07, 6.45) is 2.16. The second kappa shape index (κ2) is 5.26. The largest absolute Gasteiger partial charge is 0.505 e. The van der Waals surface area contributed by atoms with Gasteiger partial charge in [0.05, 0.1) is 16.7 Å². The van der Waals surface area contributed by atoms with Gasteiger partial charge in [-0.1, -0.05) is 0 Å². The third-order valence-corrected chi connectivity index (χ3v) is 4.81. The van der Waals surface area contributed by atoms with Gasteiger partial charge in [-0.2, -0.15) is 0 Å². The van der Waals surface area contributed by atoms with Crippen LogP contribution in [0.3, 0.4) is 0 Å². The van der Waals surface area contributed by atoms with Crippen LogP contribution in [-0.2, 0) is 19.2 Å². The van der Waals surface area contributed by atoms with Gasteiger partial charge in [0.15, 0.2) is 23.1 Å². The number of aliphatic hydroxyl groups is 2. The highest BCUT2D eigenvalue weighted by atomic mass is 16.3. The Morgan fingerprint density at radius 1 is 0.875 bits per heavy atom. The molecule has 0 fully saturated rings. The zero-order valence-electron chi connectivity index (χ0n) is 14.3. The number of hydrogen-bond acceptors (Lipinski definition) is 6. The lowest BCUT2D eigenvalue weighted by atomic mass is 9.68. The first-order chi connectivity index (χ1) is 10.8. The number of hydrogen-bond donors (Lipinski definition) is 2. The van der Waals surface area contributed by atoms with Crippen LogP contribution in [-0.4, -0.2) is 33.3 Å². The lowest BCUT2D eigenvalue weighted by Crippen LogP contribution is -2.44. The van der Waals surface area contributed by atoms with Gasteiger partial charge in [-0.25, -0.2) is 0 Å². The van der Waals surface area contributed by atoms with E-state index >= 15 is 0 Å². The van der Waals surface area contributed by atoms with Crippen molar-refractivity contribution in [3.8, 4) is 0 Å². The molecule has 0 saturated heterocycles. The fraction of sp³-hybridized carbons (Fsp3) is 0.444. The highest BCUT2D eigenvalue weighted by molar-refractivity contribution is 6.23. The highest BCUT2D eigenvalue weighted by Crippen LogP contribution is 2.39. The molecular formula is C18H20O6. The van der Waals surface area contributed by atoms with E-state index in [0.29, 0.717) is 0 Å². The van der Waals surface area contributed by atoms with Crippen LogP contribution in [0.2, 0.25) is 0 Å². The fourth-order valence-corrected chi connectivity index (χ4v) is 2.94. The standard InChI is InChI=1S/C18H20O6/c1-8(9-6-11(19)15(23)17(2,3)13(9)21)10-7-12(20)16(24)18(4,5)14(10)22/h6-7,9,19-20H,1-5H3. The van der Waals surface area contributed by atoms with Gasteiger partial charge in [-0.3, -0.25) is 19.2 Å². The molecule has 24 heavy (non-hydrogen) atoms. The van der Waals surface area contributed by atoms with Crippen molar-refractivity contribution >= 4 is 23.1 Å². The second-order valence-corrected chi connectivity index (χ2v) is 7.26. The maximum atomic E-state index is 12.6. The van der Waals surface area contributed by atoms with E-state index in [2.05, 4.69) is 0 Å². The van der Waals surface area contributed by atoms with Crippen molar-refractivity contribution in [2.75, 3.05) is 0 Å². The number of carbonyl (C=O) groups is 4. The molecule has 2 aliphatic rings. The van der Waals surface area contributed by atoms with Crippen molar-refractivity contribution < 1.29 is 29.4 Å². The molecule has 6 heteroatoms. The summed E-state index contributed by atoms with van der Waals surface area (Å²) < 4.78 is 0. The van der Waals surface area contributed by atoms with Crippen LogP contribution in [0.4, 0.5) is 0 Å². The fourth-order valence-electron chi connectivity index (χ4n) is 2.94. The summed E-state index contributed by atoms with van der Waals surface area (Å²) in [4.78, 5) is 49.1. The van der Waals surface area contributed by atoms with Gasteiger partial charge in [-0.05, 0) is 52.3 Å². The maximum absolute atomic E-state index is 12.6. The van der Waals surface area contributed by atoms with Gasteiger partial charge >= 0.3 is 0 Å². The monoisotopic (exact) mass is 332 g/mol. The third-order valence-electron chi connectivity index (χ3n) is 4.81. The third kappa shape index (κ3) is 2.33. The Labute approximate surface area is 139 Å². The Kier molecular flexibility index (Phi) is 3.91. The van der Waals surface area contributed by atoms with Crippen molar-refractivity contribution in [3.63, 3.8) is 0 Å². The van der Waals surface area contributed by atoms with Gasteiger partial charge in [0.25, 0.3) is 0 Å². The van der Waals surface area contributed by atoms with Crippen molar-refractivity contribution in [3.05, 3.63) is 34.8 Å². The van der Waals surface area contributed by atoms with Crippen LogP contribution >= 0.6 is 0 Å². The van der Waals surface area contributed by atoms with Crippen LogP contribution < -0.4 is 0 Å². The Morgan fingerprint density at radius 2 is 1.38 bits per heavy atom. The highest BCUT2D eigenvalue weighted by Gasteiger charge is 2.48.